The van der Waals surface area contributed by atoms with Crippen molar-refractivity contribution in [2.24, 2.45) is 0 Å². The van der Waals surface area contributed by atoms with Crippen LogP contribution in [0.1, 0.15) is 30.0 Å². The molecule has 28 heavy (non-hydrogen) atoms. The van der Waals surface area contributed by atoms with Crippen molar-refractivity contribution in [3.05, 3.63) is 58.5 Å². The molecule has 0 saturated carbocycles. The predicted octanol–water partition coefficient (Wildman–Crippen LogP) is 5.61. The standard InChI is InChI=1S/C22H23ClFNO3/c1-14-21-19(4-3-5-20(21)28-13-26-2)25(16-6-7-18(24)17(23)12-16)22(14)15-8-10-27-11-9-15/h3-7,12,15H,8-11,13H2,1-2H3. The smallest absolute Gasteiger partial charge is 0.188 e. The topological polar surface area (TPSA) is 32.6 Å². The van der Waals surface area contributed by atoms with Crippen LogP contribution in [0.3, 0.4) is 0 Å². The quantitative estimate of drug-likeness (QED) is 0.519. The van der Waals surface area contributed by atoms with Gasteiger partial charge in [0, 0.05) is 43.0 Å². The molecule has 0 amide bonds. The maximum absolute atomic E-state index is 13.8. The molecular formula is C22H23ClFNO3. The van der Waals surface area contributed by atoms with Crippen LogP contribution in [-0.4, -0.2) is 31.7 Å². The molecule has 1 fully saturated rings. The van der Waals surface area contributed by atoms with Gasteiger partial charge in [-0.05, 0) is 55.7 Å². The van der Waals surface area contributed by atoms with Crippen molar-refractivity contribution in [2.75, 3.05) is 27.1 Å². The number of rotatable bonds is 5. The van der Waals surface area contributed by atoms with Crippen molar-refractivity contribution in [1.82, 2.24) is 4.57 Å². The first-order valence-electron chi connectivity index (χ1n) is 9.40. The summed E-state index contributed by atoms with van der Waals surface area (Å²) in [4.78, 5) is 0. The zero-order chi connectivity index (χ0) is 19.7. The average molecular weight is 404 g/mol. The largest absolute Gasteiger partial charge is 0.467 e. The lowest BCUT2D eigenvalue weighted by Gasteiger charge is -2.25. The van der Waals surface area contributed by atoms with Gasteiger partial charge in [0.2, 0.25) is 0 Å². The zero-order valence-corrected chi connectivity index (χ0v) is 16.8. The lowest BCUT2D eigenvalue weighted by molar-refractivity contribution is 0.0522. The highest BCUT2D eigenvalue weighted by molar-refractivity contribution is 6.30. The molecule has 1 aromatic heterocycles. The maximum atomic E-state index is 13.8. The van der Waals surface area contributed by atoms with Gasteiger partial charge in [0.15, 0.2) is 6.79 Å². The van der Waals surface area contributed by atoms with Crippen molar-refractivity contribution in [3.63, 3.8) is 0 Å². The first-order valence-corrected chi connectivity index (χ1v) is 9.78. The zero-order valence-electron chi connectivity index (χ0n) is 16.0. The summed E-state index contributed by atoms with van der Waals surface area (Å²) in [6.45, 7) is 3.78. The number of hydrogen-bond acceptors (Lipinski definition) is 3. The van der Waals surface area contributed by atoms with E-state index in [2.05, 4.69) is 17.6 Å². The van der Waals surface area contributed by atoms with Gasteiger partial charge in [0.1, 0.15) is 11.6 Å². The van der Waals surface area contributed by atoms with Gasteiger partial charge in [-0.2, -0.15) is 0 Å². The van der Waals surface area contributed by atoms with E-state index in [9.17, 15) is 4.39 Å². The van der Waals surface area contributed by atoms with E-state index in [0.717, 1.165) is 54.0 Å². The van der Waals surface area contributed by atoms with Crippen LogP contribution in [-0.2, 0) is 9.47 Å². The van der Waals surface area contributed by atoms with Crippen molar-refractivity contribution < 1.29 is 18.6 Å². The molecule has 148 valence electrons. The third-order valence-corrected chi connectivity index (χ3v) is 5.64. The third-order valence-electron chi connectivity index (χ3n) is 5.35. The van der Waals surface area contributed by atoms with Crippen molar-refractivity contribution in [1.29, 1.82) is 0 Å². The van der Waals surface area contributed by atoms with E-state index >= 15 is 0 Å². The van der Waals surface area contributed by atoms with Crippen LogP contribution in [0.25, 0.3) is 16.6 Å². The molecule has 3 aromatic rings. The first-order chi connectivity index (χ1) is 13.6. The number of benzene rings is 2. The van der Waals surface area contributed by atoms with E-state index in [1.54, 1.807) is 19.2 Å². The van der Waals surface area contributed by atoms with Crippen LogP contribution in [0, 0.1) is 12.7 Å². The number of halogens is 2. The SMILES string of the molecule is COCOc1cccc2c1c(C)c(C1CCOCC1)n2-c1ccc(F)c(Cl)c1. The fourth-order valence-corrected chi connectivity index (χ4v) is 4.29. The molecule has 4 rings (SSSR count). The molecule has 0 aliphatic carbocycles. The molecule has 1 aliphatic rings. The molecule has 0 N–H and O–H groups in total. The Morgan fingerprint density at radius 2 is 2.00 bits per heavy atom. The Balaban J connectivity index is 1.98. The molecule has 0 unspecified atom stereocenters. The van der Waals surface area contributed by atoms with Gasteiger partial charge in [-0.25, -0.2) is 4.39 Å². The Kier molecular flexibility index (Phi) is 5.58. The van der Waals surface area contributed by atoms with Crippen molar-refractivity contribution in [3.8, 4) is 11.4 Å². The summed E-state index contributed by atoms with van der Waals surface area (Å²) < 4.78 is 32.5. The van der Waals surface area contributed by atoms with Crippen LogP contribution in [0.2, 0.25) is 5.02 Å². The highest BCUT2D eigenvalue weighted by Gasteiger charge is 2.26. The average Bonchev–Trinajstić information content (AvgIpc) is 3.02. The summed E-state index contributed by atoms with van der Waals surface area (Å²) in [7, 11) is 1.60. The van der Waals surface area contributed by atoms with E-state index in [-0.39, 0.29) is 11.8 Å². The number of ether oxygens (including phenoxy) is 3. The molecule has 0 atom stereocenters. The Hall–Kier alpha value is -2.08. The number of aromatic nitrogens is 1. The van der Waals surface area contributed by atoms with Crippen LogP contribution < -0.4 is 4.74 Å². The van der Waals surface area contributed by atoms with E-state index in [4.69, 9.17) is 25.8 Å². The Morgan fingerprint density at radius 3 is 2.71 bits per heavy atom. The minimum absolute atomic E-state index is 0.113. The molecule has 4 nitrogen and oxygen atoms in total. The Labute approximate surface area is 168 Å². The fraction of sp³-hybridized carbons (Fsp3) is 0.364. The Bertz CT molecular complexity index is 995. The van der Waals surface area contributed by atoms with Crippen LogP contribution >= 0.6 is 11.6 Å². The molecular weight excluding hydrogens is 381 g/mol. The van der Waals surface area contributed by atoms with Crippen molar-refractivity contribution in [2.45, 2.75) is 25.7 Å². The molecule has 1 saturated heterocycles. The van der Waals surface area contributed by atoms with E-state index in [1.165, 1.54) is 11.8 Å². The van der Waals surface area contributed by atoms with E-state index < -0.39 is 5.82 Å². The van der Waals surface area contributed by atoms with Gasteiger partial charge in [0.05, 0.1) is 10.5 Å². The van der Waals surface area contributed by atoms with E-state index in [0.29, 0.717) is 5.92 Å². The second-order valence-corrected chi connectivity index (χ2v) is 7.44. The summed E-state index contributed by atoms with van der Waals surface area (Å²) in [5, 5.41) is 1.16. The third kappa shape index (κ3) is 3.39. The molecule has 0 spiro atoms. The fourth-order valence-electron chi connectivity index (χ4n) is 4.11. The molecule has 0 radical (unpaired) electrons. The lowest BCUT2D eigenvalue weighted by Crippen LogP contribution is -2.17. The molecule has 6 heteroatoms. The lowest BCUT2D eigenvalue weighted by atomic mass is 9.93. The second kappa shape index (κ2) is 8.11. The summed E-state index contributed by atoms with van der Waals surface area (Å²) in [5.74, 6) is 0.702. The number of nitrogens with zero attached hydrogens (tertiary/aromatic N) is 1. The monoisotopic (exact) mass is 403 g/mol. The van der Waals surface area contributed by atoms with Gasteiger partial charge in [-0.15, -0.1) is 0 Å². The number of fused-ring (bicyclic) bond motifs is 1. The maximum Gasteiger partial charge on any atom is 0.188 e. The molecule has 0 bridgehead atoms. The van der Waals surface area contributed by atoms with Crippen LogP contribution in [0.15, 0.2) is 36.4 Å². The molecule has 2 aromatic carbocycles. The van der Waals surface area contributed by atoms with Crippen LogP contribution in [0.5, 0.6) is 5.75 Å². The summed E-state index contributed by atoms with van der Waals surface area (Å²) in [5.41, 5.74) is 4.22. The summed E-state index contributed by atoms with van der Waals surface area (Å²) in [6, 6.07) is 10.8. The molecule has 2 heterocycles. The first kappa shape index (κ1) is 19.2. The predicted molar refractivity (Wildman–Crippen MR) is 108 cm³/mol. The Morgan fingerprint density at radius 1 is 1.21 bits per heavy atom. The van der Waals surface area contributed by atoms with Gasteiger partial charge < -0.3 is 18.8 Å². The number of hydrogen-bond donors (Lipinski definition) is 0. The second-order valence-electron chi connectivity index (χ2n) is 7.03. The van der Waals surface area contributed by atoms with Gasteiger partial charge in [-0.1, -0.05) is 17.7 Å². The van der Waals surface area contributed by atoms with Gasteiger partial charge in [-0.3, -0.25) is 0 Å². The van der Waals surface area contributed by atoms with E-state index in [1.807, 2.05) is 12.1 Å². The van der Waals surface area contributed by atoms with Crippen molar-refractivity contribution >= 4 is 22.5 Å². The van der Waals surface area contributed by atoms with Gasteiger partial charge in [0.25, 0.3) is 0 Å². The minimum atomic E-state index is -0.421. The summed E-state index contributed by atoms with van der Waals surface area (Å²) >= 11 is 6.11. The minimum Gasteiger partial charge on any atom is -0.467 e. The number of methoxy groups -OCH3 is 1. The van der Waals surface area contributed by atoms with Crippen LogP contribution in [0.4, 0.5) is 4.39 Å². The van der Waals surface area contributed by atoms with Gasteiger partial charge >= 0.3 is 0 Å². The summed E-state index contributed by atoms with van der Waals surface area (Å²) in [6.07, 6.45) is 1.89. The number of aryl methyl sites for hydroxylation is 1. The highest BCUT2D eigenvalue weighted by Crippen LogP contribution is 2.41. The highest BCUT2D eigenvalue weighted by atomic mass is 35.5. The molecule has 1 aliphatic heterocycles. The normalized spacial score (nSPS) is 15.3.